The van der Waals surface area contributed by atoms with Gasteiger partial charge in [-0.25, -0.2) is 4.98 Å². The number of H-pyrrole nitrogens is 1. The molecule has 2 aromatic rings. The zero-order valence-corrected chi connectivity index (χ0v) is 12.8. The Kier molecular flexibility index (Phi) is 3.11. The Bertz CT molecular complexity index is 626. The van der Waals surface area contributed by atoms with Crippen LogP contribution in [0.3, 0.4) is 0 Å². The third-order valence-corrected chi connectivity index (χ3v) is 5.14. The highest BCUT2D eigenvalue weighted by Crippen LogP contribution is 2.39. The first-order valence-corrected chi connectivity index (χ1v) is 8.12. The highest BCUT2D eigenvalue weighted by atomic mass is 15.1. The van der Waals surface area contributed by atoms with Crippen molar-refractivity contribution in [2.24, 2.45) is 0 Å². The SMILES string of the molecule is CC(C)c1ccc(-c2cnc(C3CC4CCC3N4)[nH]2)cc1. The van der Waals surface area contributed by atoms with Gasteiger partial charge in [0.15, 0.2) is 0 Å². The molecule has 0 aliphatic carbocycles. The molecule has 1 aromatic heterocycles. The van der Waals surface area contributed by atoms with Crippen LogP contribution in [0.5, 0.6) is 0 Å². The average molecular weight is 281 g/mol. The Morgan fingerprint density at radius 2 is 1.95 bits per heavy atom. The predicted molar refractivity (Wildman–Crippen MR) is 85.4 cm³/mol. The maximum atomic E-state index is 4.66. The Balaban J connectivity index is 1.56. The Hall–Kier alpha value is -1.61. The van der Waals surface area contributed by atoms with Crippen molar-refractivity contribution in [1.29, 1.82) is 0 Å². The lowest BCUT2D eigenvalue weighted by Crippen LogP contribution is -2.22. The van der Waals surface area contributed by atoms with Crippen LogP contribution in [-0.4, -0.2) is 22.1 Å². The average Bonchev–Trinajstić information content (AvgIpc) is 3.23. The number of hydrogen-bond acceptors (Lipinski definition) is 2. The minimum Gasteiger partial charge on any atom is -0.342 e. The summed E-state index contributed by atoms with van der Waals surface area (Å²) in [5, 5.41) is 3.69. The van der Waals surface area contributed by atoms with E-state index in [0.717, 1.165) is 17.6 Å². The summed E-state index contributed by atoms with van der Waals surface area (Å²) < 4.78 is 0. The van der Waals surface area contributed by atoms with Gasteiger partial charge in [-0.3, -0.25) is 0 Å². The fourth-order valence-electron chi connectivity index (χ4n) is 3.85. The van der Waals surface area contributed by atoms with E-state index in [2.05, 4.69) is 53.4 Å². The van der Waals surface area contributed by atoms with Gasteiger partial charge in [-0.1, -0.05) is 38.1 Å². The van der Waals surface area contributed by atoms with Crippen LogP contribution in [0.4, 0.5) is 0 Å². The van der Waals surface area contributed by atoms with Gasteiger partial charge in [0.25, 0.3) is 0 Å². The zero-order valence-electron chi connectivity index (χ0n) is 12.8. The number of imidazole rings is 1. The van der Waals surface area contributed by atoms with Crippen molar-refractivity contribution in [1.82, 2.24) is 15.3 Å². The number of fused-ring (bicyclic) bond motifs is 2. The maximum absolute atomic E-state index is 4.66. The van der Waals surface area contributed by atoms with Crippen molar-refractivity contribution >= 4 is 0 Å². The number of nitrogens with one attached hydrogen (secondary N) is 2. The quantitative estimate of drug-likeness (QED) is 0.898. The van der Waals surface area contributed by atoms with Gasteiger partial charge >= 0.3 is 0 Å². The van der Waals surface area contributed by atoms with Crippen LogP contribution < -0.4 is 5.32 Å². The first-order chi connectivity index (χ1) is 10.2. The van der Waals surface area contributed by atoms with Crippen LogP contribution in [0.1, 0.15) is 56.3 Å². The van der Waals surface area contributed by atoms with Gasteiger partial charge in [0.1, 0.15) is 5.82 Å². The molecule has 2 aliphatic rings. The van der Waals surface area contributed by atoms with Crippen LogP contribution in [0.2, 0.25) is 0 Å². The number of nitrogens with zero attached hydrogens (tertiary/aromatic N) is 1. The van der Waals surface area contributed by atoms with E-state index in [4.69, 9.17) is 0 Å². The summed E-state index contributed by atoms with van der Waals surface area (Å²) in [6.45, 7) is 4.46. The number of aromatic nitrogens is 2. The second kappa shape index (κ2) is 4.99. The van der Waals surface area contributed by atoms with Gasteiger partial charge in [0, 0.05) is 18.0 Å². The summed E-state index contributed by atoms with van der Waals surface area (Å²) in [5.74, 6) is 2.32. The molecule has 21 heavy (non-hydrogen) atoms. The number of hydrogen-bond donors (Lipinski definition) is 2. The number of aromatic amines is 1. The van der Waals surface area contributed by atoms with Gasteiger partial charge in [-0.2, -0.15) is 0 Å². The van der Waals surface area contributed by atoms with Crippen molar-refractivity contribution in [2.75, 3.05) is 0 Å². The monoisotopic (exact) mass is 281 g/mol. The lowest BCUT2D eigenvalue weighted by atomic mass is 9.89. The van der Waals surface area contributed by atoms with Crippen molar-refractivity contribution in [3.63, 3.8) is 0 Å². The molecule has 3 unspecified atom stereocenters. The maximum Gasteiger partial charge on any atom is 0.111 e. The highest BCUT2D eigenvalue weighted by molar-refractivity contribution is 5.59. The highest BCUT2D eigenvalue weighted by Gasteiger charge is 2.41. The molecule has 3 nitrogen and oxygen atoms in total. The molecule has 2 bridgehead atoms. The van der Waals surface area contributed by atoms with Crippen LogP contribution in [0.15, 0.2) is 30.5 Å². The number of rotatable bonds is 3. The van der Waals surface area contributed by atoms with Crippen molar-refractivity contribution in [2.45, 2.75) is 57.0 Å². The molecule has 3 atom stereocenters. The summed E-state index contributed by atoms with van der Waals surface area (Å²) >= 11 is 0. The topological polar surface area (TPSA) is 40.7 Å². The molecule has 0 radical (unpaired) electrons. The first-order valence-electron chi connectivity index (χ1n) is 8.12. The summed E-state index contributed by atoms with van der Waals surface area (Å²) in [7, 11) is 0. The normalized spacial score (nSPS) is 27.7. The molecule has 0 amide bonds. The lowest BCUT2D eigenvalue weighted by molar-refractivity contribution is 0.490. The molecule has 110 valence electrons. The Morgan fingerprint density at radius 3 is 2.57 bits per heavy atom. The molecule has 1 aromatic carbocycles. The first kappa shape index (κ1) is 13.1. The van der Waals surface area contributed by atoms with Gasteiger partial charge in [-0.05, 0) is 36.3 Å². The molecule has 2 N–H and O–H groups in total. The van der Waals surface area contributed by atoms with Crippen molar-refractivity contribution in [3.8, 4) is 11.3 Å². The van der Waals surface area contributed by atoms with E-state index in [1.807, 2.05) is 6.20 Å². The van der Waals surface area contributed by atoms with E-state index in [1.54, 1.807) is 0 Å². The second-order valence-electron chi connectivity index (χ2n) is 6.85. The van der Waals surface area contributed by atoms with Crippen LogP contribution in [0, 0.1) is 0 Å². The molecule has 0 saturated carbocycles. The van der Waals surface area contributed by atoms with Crippen molar-refractivity contribution < 1.29 is 0 Å². The Morgan fingerprint density at radius 1 is 1.14 bits per heavy atom. The third kappa shape index (κ3) is 2.30. The second-order valence-corrected chi connectivity index (χ2v) is 6.85. The van der Waals surface area contributed by atoms with E-state index in [9.17, 15) is 0 Å². The lowest BCUT2D eigenvalue weighted by Gasteiger charge is -2.17. The summed E-state index contributed by atoms with van der Waals surface area (Å²) in [6.07, 6.45) is 5.87. The fourth-order valence-corrected chi connectivity index (χ4v) is 3.85. The fraction of sp³-hybridized carbons (Fsp3) is 0.500. The third-order valence-electron chi connectivity index (χ3n) is 5.14. The molecule has 2 fully saturated rings. The smallest absolute Gasteiger partial charge is 0.111 e. The number of benzene rings is 1. The van der Waals surface area contributed by atoms with Crippen molar-refractivity contribution in [3.05, 3.63) is 41.9 Å². The van der Waals surface area contributed by atoms with E-state index in [1.165, 1.54) is 30.4 Å². The molecule has 3 heteroatoms. The molecular weight excluding hydrogens is 258 g/mol. The van der Waals surface area contributed by atoms with E-state index in [0.29, 0.717) is 17.9 Å². The minimum atomic E-state index is 0.576. The Labute approximate surface area is 126 Å². The van der Waals surface area contributed by atoms with Crippen LogP contribution >= 0.6 is 0 Å². The molecular formula is C18H23N3. The van der Waals surface area contributed by atoms with Crippen LogP contribution in [0.25, 0.3) is 11.3 Å². The minimum absolute atomic E-state index is 0.576. The zero-order chi connectivity index (χ0) is 14.4. The van der Waals surface area contributed by atoms with Gasteiger partial charge in [0.05, 0.1) is 11.9 Å². The van der Waals surface area contributed by atoms with E-state index < -0.39 is 0 Å². The standard InChI is InChI=1S/C18H23N3/c1-11(2)12-3-5-13(6-4-12)17-10-19-18(21-17)15-9-14-7-8-16(15)20-14/h3-6,10-11,14-16,20H,7-9H2,1-2H3,(H,19,21). The van der Waals surface area contributed by atoms with E-state index in [-0.39, 0.29) is 0 Å². The van der Waals surface area contributed by atoms with Gasteiger partial charge < -0.3 is 10.3 Å². The van der Waals surface area contributed by atoms with Gasteiger partial charge in [-0.15, -0.1) is 0 Å². The van der Waals surface area contributed by atoms with Crippen LogP contribution in [-0.2, 0) is 0 Å². The molecule has 2 saturated heterocycles. The molecule has 2 aliphatic heterocycles. The van der Waals surface area contributed by atoms with E-state index >= 15 is 0 Å². The molecule has 0 spiro atoms. The van der Waals surface area contributed by atoms with Gasteiger partial charge in [0.2, 0.25) is 0 Å². The largest absolute Gasteiger partial charge is 0.342 e. The summed E-state index contributed by atoms with van der Waals surface area (Å²) in [6, 6.07) is 10.2. The predicted octanol–water partition coefficient (Wildman–Crippen LogP) is 3.81. The summed E-state index contributed by atoms with van der Waals surface area (Å²) in [5.41, 5.74) is 3.76. The molecule has 3 heterocycles. The summed E-state index contributed by atoms with van der Waals surface area (Å²) in [4.78, 5) is 8.21. The molecule has 4 rings (SSSR count).